The minimum atomic E-state index is -1.89. The van der Waals surface area contributed by atoms with E-state index < -0.39 is 8.07 Å². The van der Waals surface area contributed by atoms with Gasteiger partial charge in [-0.2, -0.15) is 0 Å². The number of nitrogens with zero attached hydrogens (tertiary/aromatic N) is 1. The molecule has 1 fully saturated rings. The Balaban J connectivity index is 1.56. The maximum absolute atomic E-state index is 13.8. The number of para-hydroxylation sites is 1. The lowest BCUT2D eigenvalue weighted by Crippen LogP contribution is -2.39. The average Bonchev–Trinajstić information content (AvgIpc) is 3.14. The molecule has 1 aliphatic heterocycles. The summed E-state index contributed by atoms with van der Waals surface area (Å²) in [6.45, 7) is 4.76. The molecule has 5 heteroatoms. The first-order valence-electron chi connectivity index (χ1n) is 12.2. The molecule has 0 unspecified atom stereocenters. The van der Waals surface area contributed by atoms with Crippen molar-refractivity contribution in [3.63, 3.8) is 0 Å². The van der Waals surface area contributed by atoms with E-state index in [-0.39, 0.29) is 29.6 Å². The molecule has 0 aromatic heterocycles. The summed E-state index contributed by atoms with van der Waals surface area (Å²) in [7, 11) is -0.243. The molecule has 2 aliphatic rings. The Morgan fingerprint density at radius 2 is 1.49 bits per heavy atom. The van der Waals surface area contributed by atoms with Crippen molar-refractivity contribution >= 4 is 25.6 Å². The molecule has 35 heavy (non-hydrogen) atoms. The Morgan fingerprint density at radius 1 is 0.857 bits per heavy atom. The number of fused-ring (bicyclic) bond motifs is 1. The van der Waals surface area contributed by atoms with Crippen LogP contribution >= 0.6 is 0 Å². The van der Waals surface area contributed by atoms with Crippen molar-refractivity contribution < 1.29 is 14.3 Å². The molecule has 5 rings (SSSR count). The summed E-state index contributed by atoms with van der Waals surface area (Å²) >= 11 is 0. The number of imide groups is 1. The van der Waals surface area contributed by atoms with Crippen LogP contribution in [0.3, 0.4) is 0 Å². The van der Waals surface area contributed by atoms with Crippen LogP contribution in [0, 0.1) is 11.8 Å². The van der Waals surface area contributed by atoms with Gasteiger partial charge in [0.2, 0.25) is 11.8 Å². The van der Waals surface area contributed by atoms with E-state index in [0.717, 1.165) is 17.4 Å². The number of hydrogen-bond donors (Lipinski definition) is 0. The molecular weight excluding hydrogens is 450 g/mol. The number of amides is 2. The summed E-state index contributed by atoms with van der Waals surface area (Å²) in [5.74, 6) is -0.241. The number of benzene rings is 3. The second kappa shape index (κ2) is 9.31. The van der Waals surface area contributed by atoms with Gasteiger partial charge in [0.15, 0.2) is 0 Å². The number of methoxy groups -OCH3 is 1. The lowest BCUT2D eigenvalue weighted by molar-refractivity contribution is -0.122. The van der Waals surface area contributed by atoms with Crippen molar-refractivity contribution in [2.24, 2.45) is 11.8 Å². The minimum Gasteiger partial charge on any atom is -0.497 e. The monoisotopic (exact) mass is 481 g/mol. The second-order valence-electron chi connectivity index (χ2n) is 10.2. The summed E-state index contributed by atoms with van der Waals surface area (Å²) in [5.41, 5.74) is 3.04. The van der Waals surface area contributed by atoms with E-state index in [0.29, 0.717) is 12.1 Å². The van der Waals surface area contributed by atoms with E-state index in [1.54, 1.807) is 7.11 Å². The summed E-state index contributed by atoms with van der Waals surface area (Å²) in [4.78, 5) is 28.9. The van der Waals surface area contributed by atoms with Crippen molar-refractivity contribution in [2.45, 2.75) is 31.5 Å². The van der Waals surface area contributed by atoms with Gasteiger partial charge in [-0.05, 0) is 42.3 Å². The van der Waals surface area contributed by atoms with Gasteiger partial charge in [0, 0.05) is 5.92 Å². The predicted octanol–water partition coefficient (Wildman–Crippen LogP) is 5.94. The van der Waals surface area contributed by atoms with Crippen LogP contribution in [0.25, 0.3) is 0 Å². The molecule has 3 atom stereocenters. The van der Waals surface area contributed by atoms with Crippen LogP contribution in [0.15, 0.2) is 96.2 Å². The van der Waals surface area contributed by atoms with Crippen molar-refractivity contribution in [3.05, 3.63) is 107 Å². The van der Waals surface area contributed by atoms with Gasteiger partial charge in [0.1, 0.15) is 5.75 Å². The van der Waals surface area contributed by atoms with Crippen molar-refractivity contribution in [3.8, 4) is 5.75 Å². The molecule has 0 N–H and O–H groups in total. The number of anilines is 1. The summed E-state index contributed by atoms with van der Waals surface area (Å²) in [5, 5.41) is 1.37. The zero-order valence-corrected chi connectivity index (χ0v) is 21.5. The molecule has 0 spiro atoms. The summed E-state index contributed by atoms with van der Waals surface area (Å²) in [6, 6.07) is 28.9. The quantitative estimate of drug-likeness (QED) is 0.323. The van der Waals surface area contributed by atoms with Crippen LogP contribution in [-0.2, 0) is 15.6 Å². The first-order valence-corrected chi connectivity index (χ1v) is 15.4. The third kappa shape index (κ3) is 4.36. The molecule has 1 saturated heterocycles. The molecule has 4 nitrogen and oxygen atoms in total. The fourth-order valence-corrected chi connectivity index (χ4v) is 8.56. The number of hydrogen-bond acceptors (Lipinski definition) is 3. The van der Waals surface area contributed by atoms with Gasteiger partial charge in [0.05, 0.1) is 32.7 Å². The predicted molar refractivity (Wildman–Crippen MR) is 142 cm³/mol. The molecule has 3 aromatic carbocycles. The van der Waals surface area contributed by atoms with Crippen molar-refractivity contribution in [1.29, 1.82) is 0 Å². The second-order valence-corrected chi connectivity index (χ2v) is 15.0. The molecule has 0 saturated carbocycles. The summed E-state index contributed by atoms with van der Waals surface area (Å²) in [6.07, 6.45) is 3.00. The highest BCUT2D eigenvalue weighted by Gasteiger charge is 2.54. The highest BCUT2D eigenvalue weighted by Crippen LogP contribution is 2.48. The van der Waals surface area contributed by atoms with E-state index in [4.69, 9.17) is 4.74 Å². The van der Waals surface area contributed by atoms with Crippen molar-refractivity contribution in [1.82, 2.24) is 0 Å². The fourth-order valence-electron chi connectivity index (χ4n) is 5.68. The molecule has 0 radical (unpaired) electrons. The number of carbonyl (C=O) groups excluding carboxylic acids is 2. The Bertz CT molecular complexity index is 1250. The minimum absolute atomic E-state index is 0.0696. The van der Waals surface area contributed by atoms with Crippen LogP contribution in [0.2, 0.25) is 13.1 Å². The third-order valence-electron chi connectivity index (χ3n) is 7.56. The normalized spacial score (nSPS) is 22.1. The number of rotatable bonds is 6. The van der Waals surface area contributed by atoms with E-state index >= 15 is 0 Å². The Labute approximate surface area is 208 Å². The van der Waals surface area contributed by atoms with Crippen molar-refractivity contribution in [2.75, 3.05) is 12.0 Å². The maximum atomic E-state index is 13.8. The first kappa shape index (κ1) is 23.3. The largest absolute Gasteiger partial charge is 0.497 e. The Hall–Kier alpha value is -3.44. The van der Waals surface area contributed by atoms with Crippen LogP contribution < -0.4 is 9.64 Å². The van der Waals surface area contributed by atoms with Crippen LogP contribution in [0.1, 0.15) is 23.5 Å². The SMILES string of the molecule is COc1ccc([C@@H]2C=C([Si](C)(C)Cc3ccccc3)C[C@@H]3C(=O)N(c4ccccc4)C(=O)[C@@H]32)cc1. The molecule has 178 valence electrons. The molecule has 2 amide bonds. The molecule has 1 heterocycles. The maximum Gasteiger partial charge on any atom is 0.238 e. The Morgan fingerprint density at radius 3 is 2.11 bits per heavy atom. The van der Waals surface area contributed by atoms with Crippen LogP contribution in [-0.4, -0.2) is 27.0 Å². The van der Waals surface area contributed by atoms with Gasteiger partial charge >= 0.3 is 0 Å². The van der Waals surface area contributed by atoms with Gasteiger partial charge < -0.3 is 4.74 Å². The molecule has 0 bridgehead atoms. The zero-order chi connectivity index (χ0) is 24.6. The van der Waals surface area contributed by atoms with E-state index in [1.165, 1.54) is 15.7 Å². The Kier molecular flexibility index (Phi) is 6.20. The lowest BCUT2D eigenvalue weighted by Gasteiger charge is -2.36. The highest BCUT2D eigenvalue weighted by molar-refractivity contribution is 6.83. The fraction of sp³-hybridized carbons (Fsp3) is 0.267. The standard InChI is InChI=1S/C30H31NO3Si/c1-34-24-16-14-22(15-17-24)26-18-25(35(2,3)20-21-10-6-4-7-11-21)19-27-28(26)30(33)31(29(27)32)23-12-8-5-9-13-23/h4-18,26-28H,19-20H2,1-3H3/t26-,27-,28+/m0/s1. The van der Waals surface area contributed by atoms with Gasteiger partial charge in [0.25, 0.3) is 0 Å². The zero-order valence-electron chi connectivity index (χ0n) is 20.5. The van der Waals surface area contributed by atoms with Crippen LogP contribution in [0.4, 0.5) is 5.69 Å². The number of carbonyl (C=O) groups is 2. The van der Waals surface area contributed by atoms with Gasteiger partial charge in [-0.15, -0.1) is 0 Å². The number of ether oxygens (including phenoxy) is 1. The smallest absolute Gasteiger partial charge is 0.238 e. The highest BCUT2D eigenvalue weighted by atomic mass is 28.3. The third-order valence-corrected chi connectivity index (χ3v) is 11.0. The molecular formula is C30H31NO3Si. The van der Waals surface area contributed by atoms with E-state index in [9.17, 15) is 9.59 Å². The summed E-state index contributed by atoms with van der Waals surface area (Å²) < 4.78 is 5.36. The van der Waals surface area contributed by atoms with Gasteiger partial charge in [-0.3, -0.25) is 14.5 Å². The molecule has 1 aliphatic carbocycles. The lowest BCUT2D eigenvalue weighted by atomic mass is 9.74. The van der Waals surface area contributed by atoms with E-state index in [1.807, 2.05) is 60.7 Å². The number of allylic oxidation sites excluding steroid dienone is 2. The average molecular weight is 482 g/mol. The van der Waals surface area contributed by atoms with Gasteiger partial charge in [-0.1, -0.05) is 90.6 Å². The van der Waals surface area contributed by atoms with Crippen LogP contribution in [0.5, 0.6) is 5.75 Å². The molecule has 3 aromatic rings. The van der Waals surface area contributed by atoms with E-state index in [2.05, 4.69) is 43.4 Å². The topological polar surface area (TPSA) is 46.6 Å². The first-order chi connectivity index (χ1) is 16.9. The van der Waals surface area contributed by atoms with Gasteiger partial charge in [-0.25, -0.2) is 0 Å².